The zero-order chi connectivity index (χ0) is 24.2. The predicted molar refractivity (Wildman–Crippen MR) is 115 cm³/mol. The molecule has 0 aromatic carbocycles. The summed E-state index contributed by atoms with van der Waals surface area (Å²) in [6.45, 7) is 4.66. The number of fused-ring (bicyclic) bond motifs is 1. The third-order valence-electron chi connectivity index (χ3n) is 5.33. The molecule has 180 valence electrons. The Morgan fingerprint density at radius 2 is 1.91 bits per heavy atom. The molecule has 2 saturated heterocycles. The largest absolute Gasteiger partial charge is 0.394 e. The Morgan fingerprint density at radius 3 is 2.61 bits per heavy atom. The van der Waals surface area contributed by atoms with E-state index in [1.807, 2.05) is 0 Å². The maximum absolute atomic E-state index is 12.5. The van der Waals surface area contributed by atoms with Gasteiger partial charge in [0.15, 0.2) is 12.0 Å². The van der Waals surface area contributed by atoms with Crippen molar-refractivity contribution in [1.29, 1.82) is 0 Å². The Hall–Kier alpha value is -2.78. The number of H-pyrrole nitrogens is 1. The van der Waals surface area contributed by atoms with Crippen molar-refractivity contribution in [2.45, 2.75) is 76.8 Å². The smallest absolute Gasteiger partial charge is 0.330 e. The van der Waals surface area contributed by atoms with E-state index in [1.165, 1.54) is 13.1 Å². The molecule has 1 unspecified atom stereocenters. The first-order chi connectivity index (χ1) is 15.6. The number of amides is 1. The average Bonchev–Trinajstić information content (AvgIpc) is 3.22. The van der Waals surface area contributed by atoms with Crippen molar-refractivity contribution in [3.05, 3.63) is 32.6 Å². The molecule has 0 saturated carbocycles. The van der Waals surface area contributed by atoms with Gasteiger partial charge in [-0.2, -0.15) is 0 Å². The number of hydrogen-bond donors (Lipinski definition) is 3. The second kappa shape index (κ2) is 10.4. The van der Waals surface area contributed by atoms with Crippen LogP contribution in [0, 0.1) is 11.8 Å². The van der Waals surface area contributed by atoms with Crippen LogP contribution >= 0.6 is 0 Å². The zero-order valence-corrected chi connectivity index (χ0v) is 18.9. The van der Waals surface area contributed by atoms with Crippen molar-refractivity contribution >= 4 is 11.7 Å². The van der Waals surface area contributed by atoms with Crippen molar-refractivity contribution < 1.29 is 28.9 Å². The number of carbonyl (C=O) groups is 2. The lowest BCUT2D eigenvalue weighted by Crippen LogP contribution is -2.38. The second-order valence-corrected chi connectivity index (χ2v) is 8.51. The van der Waals surface area contributed by atoms with Crippen LogP contribution in [-0.4, -0.2) is 63.6 Å². The summed E-state index contributed by atoms with van der Waals surface area (Å²) in [7, 11) is 0. The molecule has 3 N–H and O–H groups in total. The molecule has 11 nitrogen and oxygen atoms in total. The van der Waals surface area contributed by atoms with Gasteiger partial charge < -0.3 is 29.4 Å². The number of aromatic amines is 1. The third-order valence-corrected chi connectivity index (χ3v) is 5.33. The molecule has 0 radical (unpaired) electrons. The normalized spacial score (nSPS) is 25.2. The molecule has 1 aromatic rings. The van der Waals surface area contributed by atoms with E-state index < -0.39 is 41.6 Å². The number of hydrogen-bond acceptors (Lipinski definition) is 8. The molecule has 1 aromatic heterocycles. The highest BCUT2D eigenvalue weighted by atomic mass is 16.8. The highest BCUT2D eigenvalue weighted by Gasteiger charge is 2.55. The average molecular weight is 463 g/mol. The highest BCUT2D eigenvalue weighted by molar-refractivity contribution is 5.77. The number of unbranched alkanes of at least 4 members (excludes halogenated alkanes) is 1. The molecule has 2 fully saturated rings. The summed E-state index contributed by atoms with van der Waals surface area (Å²) in [6.07, 6.45) is 0.405. The first-order valence-corrected chi connectivity index (χ1v) is 10.8. The Balaban J connectivity index is 1.67. The zero-order valence-electron chi connectivity index (χ0n) is 18.9. The van der Waals surface area contributed by atoms with E-state index in [1.54, 1.807) is 13.8 Å². The second-order valence-electron chi connectivity index (χ2n) is 8.51. The van der Waals surface area contributed by atoms with Gasteiger partial charge in [-0.05, 0) is 33.6 Å². The SMILES string of the molecule is CC(=O)CCCCC(=O)NCC#Cc1cn([C@@H]2O[C@H](CO)C3OC(C)(C)O[C@@H]32)c(=O)[nH]c1=O. The van der Waals surface area contributed by atoms with Gasteiger partial charge in [-0.1, -0.05) is 11.8 Å². The number of nitrogens with zero attached hydrogens (tertiary/aromatic N) is 1. The number of nitrogens with one attached hydrogen (secondary N) is 2. The van der Waals surface area contributed by atoms with Crippen LogP contribution in [0.2, 0.25) is 0 Å². The monoisotopic (exact) mass is 463 g/mol. The minimum absolute atomic E-state index is 0.0103. The van der Waals surface area contributed by atoms with Gasteiger partial charge in [0.05, 0.1) is 13.2 Å². The van der Waals surface area contributed by atoms with Crippen LogP contribution in [0.5, 0.6) is 0 Å². The summed E-state index contributed by atoms with van der Waals surface area (Å²) in [5, 5.41) is 12.2. The summed E-state index contributed by atoms with van der Waals surface area (Å²) in [5.41, 5.74) is -1.37. The van der Waals surface area contributed by atoms with E-state index in [9.17, 15) is 24.3 Å². The van der Waals surface area contributed by atoms with Crippen LogP contribution in [0.1, 0.15) is 58.2 Å². The van der Waals surface area contributed by atoms with Gasteiger partial charge >= 0.3 is 5.69 Å². The minimum Gasteiger partial charge on any atom is -0.394 e. The van der Waals surface area contributed by atoms with Gasteiger partial charge in [-0.15, -0.1) is 0 Å². The lowest BCUT2D eigenvalue weighted by atomic mass is 10.1. The van der Waals surface area contributed by atoms with Crippen LogP contribution < -0.4 is 16.6 Å². The summed E-state index contributed by atoms with van der Waals surface area (Å²) in [5.74, 6) is 4.32. The van der Waals surface area contributed by atoms with E-state index in [0.717, 1.165) is 4.57 Å². The van der Waals surface area contributed by atoms with Crippen molar-refractivity contribution in [3.8, 4) is 11.8 Å². The van der Waals surface area contributed by atoms with Crippen LogP contribution in [-0.2, 0) is 23.8 Å². The number of rotatable bonds is 8. The predicted octanol–water partition coefficient (Wildman–Crippen LogP) is -0.436. The Kier molecular flexibility index (Phi) is 7.86. The highest BCUT2D eigenvalue weighted by Crippen LogP contribution is 2.42. The Morgan fingerprint density at radius 1 is 1.21 bits per heavy atom. The van der Waals surface area contributed by atoms with Crippen LogP contribution in [0.3, 0.4) is 0 Å². The molecule has 0 bridgehead atoms. The van der Waals surface area contributed by atoms with Crippen molar-refractivity contribution in [1.82, 2.24) is 14.9 Å². The molecular formula is C22H29N3O8. The summed E-state index contributed by atoms with van der Waals surface area (Å²) >= 11 is 0. The van der Waals surface area contributed by atoms with Gasteiger partial charge in [0.1, 0.15) is 29.7 Å². The number of aliphatic hydroxyl groups is 1. The van der Waals surface area contributed by atoms with Crippen LogP contribution in [0.15, 0.2) is 15.8 Å². The molecule has 3 rings (SSSR count). The molecule has 4 atom stereocenters. The Bertz CT molecular complexity index is 1060. The molecule has 0 aliphatic carbocycles. The van der Waals surface area contributed by atoms with Gasteiger partial charge in [-0.3, -0.25) is 19.1 Å². The van der Waals surface area contributed by atoms with E-state index in [2.05, 4.69) is 22.1 Å². The fraction of sp³-hybridized carbons (Fsp3) is 0.636. The van der Waals surface area contributed by atoms with Crippen LogP contribution in [0.25, 0.3) is 0 Å². The Labute approximate surface area is 190 Å². The molecule has 33 heavy (non-hydrogen) atoms. The van der Waals surface area contributed by atoms with E-state index in [-0.39, 0.29) is 36.8 Å². The van der Waals surface area contributed by atoms with E-state index in [0.29, 0.717) is 19.3 Å². The number of Topliss-reactive ketones (excluding diaryl/α,β-unsaturated/α-hetero) is 1. The first-order valence-electron chi connectivity index (χ1n) is 10.8. The number of aromatic nitrogens is 2. The number of ketones is 1. The molecule has 2 aliphatic rings. The van der Waals surface area contributed by atoms with Gasteiger partial charge in [0, 0.05) is 19.0 Å². The molecule has 3 heterocycles. The third kappa shape index (κ3) is 6.17. The summed E-state index contributed by atoms with van der Waals surface area (Å²) in [4.78, 5) is 49.6. The molecular weight excluding hydrogens is 434 g/mol. The van der Waals surface area contributed by atoms with Gasteiger partial charge in [0.25, 0.3) is 5.56 Å². The lowest BCUT2D eigenvalue weighted by molar-refractivity contribution is -0.200. The molecule has 11 heteroatoms. The first kappa shape index (κ1) is 24.9. The van der Waals surface area contributed by atoms with Crippen molar-refractivity contribution in [3.63, 3.8) is 0 Å². The topological polar surface area (TPSA) is 149 Å². The summed E-state index contributed by atoms with van der Waals surface area (Å²) < 4.78 is 18.6. The van der Waals surface area contributed by atoms with Crippen LogP contribution in [0.4, 0.5) is 0 Å². The molecule has 1 amide bonds. The van der Waals surface area contributed by atoms with Gasteiger partial charge in [-0.25, -0.2) is 4.79 Å². The van der Waals surface area contributed by atoms with Crippen molar-refractivity contribution in [2.75, 3.05) is 13.2 Å². The quantitative estimate of drug-likeness (QED) is 0.347. The maximum atomic E-state index is 12.5. The van der Waals surface area contributed by atoms with Crippen molar-refractivity contribution in [2.24, 2.45) is 0 Å². The molecule has 0 spiro atoms. The van der Waals surface area contributed by atoms with E-state index >= 15 is 0 Å². The standard InChI is InChI=1S/C22H29N3O8/c1-13(27)7-4-5-9-16(28)23-10-6-8-14-11-25(21(30)24-19(14)29)20-18-17(15(12-26)31-20)32-22(2,3)33-18/h11,15,17-18,20,26H,4-5,7,9-10,12H2,1-3H3,(H,23,28)(H,24,29,30)/t15-,17?,18+,20-/m1/s1. The number of aliphatic hydroxyl groups excluding tert-OH is 1. The maximum Gasteiger partial charge on any atom is 0.330 e. The summed E-state index contributed by atoms with van der Waals surface area (Å²) in [6, 6.07) is 0. The fourth-order valence-electron chi connectivity index (χ4n) is 3.82. The van der Waals surface area contributed by atoms with Gasteiger partial charge in [0.2, 0.25) is 5.91 Å². The fourth-order valence-corrected chi connectivity index (χ4v) is 3.82. The lowest BCUT2D eigenvalue weighted by Gasteiger charge is -2.24. The minimum atomic E-state index is -0.923. The van der Waals surface area contributed by atoms with E-state index in [4.69, 9.17) is 14.2 Å². The number of carbonyl (C=O) groups excluding carboxylic acids is 2. The number of ether oxygens (including phenoxy) is 3. The molecule has 2 aliphatic heterocycles.